The molecule has 0 fully saturated rings. The van der Waals surface area contributed by atoms with Crippen LogP contribution in [0.25, 0.3) is 0 Å². The normalized spacial score (nSPS) is 27.7. The van der Waals surface area contributed by atoms with Gasteiger partial charge in [-0.05, 0) is 6.08 Å². The molecule has 1 rings (SSSR count). The monoisotopic (exact) mass is 241 g/mol. The molecule has 0 saturated carbocycles. The second kappa shape index (κ2) is 4.89. The smallest absolute Gasteiger partial charge is 0.548 e. The zero-order chi connectivity index (χ0) is 7.61. The Balaban J connectivity index is 0.000001000. The average molecular weight is 242 g/mol. The Hall–Kier alpha value is 0.996. The zero-order valence-corrected chi connectivity index (χ0v) is 10.8. The molecule has 1 aliphatic heterocycles. The van der Waals surface area contributed by atoms with Gasteiger partial charge >= 0.3 is 51.4 Å². The van der Waals surface area contributed by atoms with Gasteiger partial charge in [0.15, 0.2) is 0 Å². The molecule has 0 aliphatic carbocycles. The minimum atomic E-state index is -1.13. The molecular weight excluding hydrogens is 237 g/mol. The Bertz CT molecular complexity index is 217. The van der Waals surface area contributed by atoms with Gasteiger partial charge in [-0.3, -0.25) is 4.99 Å². The Labute approximate surface area is 116 Å². The Morgan fingerprint density at radius 2 is 2.36 bits per heavy atom. The van der Waals surface area contributed by atoms with E-state index in [9.17, 15) is 9.90 Å². The van der Waals surface area contributed by atoms with Crippen molar-refractivity contribution in [1.82, 2.24) is 0 Å². The zero-order valence-electron chi connectivity index (χ0n) is 6.08. The molecule has 0 spiro atoms. The van der Waals surface area contributed by atoms with Gasteiger partial charge in [-0.2, -0.15) is 0 Å². The maximum atomic E-state index is 10.4. The number of carbonyl (C=O) groups excluding carboxylic acids is 1. The number of hydrogen-bond donors (Lipinski definition) is 0. The van der Waals surface area contributed by atoms with Gasteiger partial charge in [0.05, 0.1) is 10.3 Å². The van der Waals surface area contributed by atoms with Crippen LogP contribution in [0.5, 0.6) is 0 Å². The van der Waals surface area contributed by atoms with E-state index in [-0.39, 0.29) is 51.4 Å². The van der Waals surface area contributed by atoms with Gasteiger partial charge in [-0.25, -0.2) is 0 Å². The van der Waals surface area contributed by atoms with Gasteiger partial charge < -0.3 is 9.90 Å². The third-order valence-corrected chi connectivity index (χ3v) is 2.17. The van der Waals surface area contributed by atoms with Gasteiger partial charge in [0.25, 0.3) is 0 Å². The van der Waals surface area contributed by atoms with E-state index >= 15 is 0 Å². The van der Waals surface area contributed by atoms with E-state index in [1.807, 2.05) is 0 Å². The number of carboxylic acids is 1. The van der Waals surface area contributed by atoms with Crippen LogP contribution in [-0.2, 0) is 4.79 Å². The molecule has 0 amide bonds. The first-order valence-corrected chi connectivity index (χ1v) is 3.54. The number of alkyl halides is 1. The van der Waals surface area contributed by atoms with Gasteiger partial charge in [0.2, 0.25) is 0 Å². The molecule has 1 atom stereocenters. The maximum Gasteiger partial charge on any atom is 1.00 e. The van der Waals surface area contributed by atoms with E-state index in [0.29, 0.717) is 6.42 Å². The largest absolute Gasteiger partial charge is 1.00 e. The van der Waals surface area contributed by atoms with Crippen LogP contribution in [0, 0.1) is 0 Å². The fraction of sp³-hybridized carbons (Fsp3) is 0.333. The first-order valence-electron chi connectivity index (χ1n) is 2.75. The van der Waals surface area contributed by atoms with Crippen LogP contribution in [0.1, 0.15) is 6.42 Å². The number of nitrogens with zero attached hydrogens (tertiary/aromatic N) is 1. The fourth-order valence-corrected chi connectivity index (χ4v) is 0.890. The third-order valence-electron chi connectivity index (χ3n) is 1.26. The average Bonchev–Trinajstić information content (AvgIpc) is 1.89. The van der Waals surface area contributed by atoms with E-state index in [2.05, 4.69) is 20.9 Å². The topological polar surface area (TPSA) is 52.5 Å². The van der Waals surface area contributed by atoms with Crippen LogP contribution >= 0.6 is 15.9 Å². The molecule has 0 N–H and O–H groups in total. The molecule has 1 unspecified atom stereocenters. The van der Waals surface area contributed by atoms with Crippen LogP contribution in [-0.4, -0.2) is 16.5 Å². The predicted molar refractivity (Wildman–Crippen MR) is 38.9 cm³/mol. The number of rotatable bonds is 1. The van der Waals surface area contributed by atoms with E-state index < -0.39 is 10.3 Å². The van der Waals surface area contributed by atoms with Crippen LogP contribution in [0.4, 0.5) is 0 Å². The summed E-state index contributed by atoms with van der Waals surface area (Å²) in [4.78, 5) is 14.1. The summed E-state index contributed by atoms with van der Waals surface area (Å²) in [5.74, 6) is -1.13. The number of aliphatic carboxylic acids is 1. The van der Waals surface area contributed by atoms with E-state index in [0.717, 1.165) is 0 Å². The van der Waals surface area contributed by atoms with Gasteiger partial charge in [-0.15, -0.1) is 0 Å². The van der Waals surface area contributed by atoms with Gasteiger partial charge in [0, 0.05) is 18.8 Å². The summed E-state index contributed by atoms with van der Waals surface area (Å²) in [6, 6.07) is 0. The summed E-state index contributed by atoms with van der Waals surface area (Å²) in [6.45, 7) is 0. The van der Waals surface area contributed by atoms with Gasteiger partial charge in [-0.1, -0.05) is 15.9 Å². The SMILES string of the molecule is O=C([O-])C1(Br)C=CN=CC1.[K+]. The van der Waals surface area contributed by atoms with Crippen molar-refractivity contribution < 1.29 is 61.3 Å². The predicted octanol–water partition coefficient (Wildman–Crippen LogP) is -3.14. The van der Waals surface area contributed by atoms with Crippen molar-refractivity contribution in [2.24, 2.45) is 4.99 Å². The van der Waals surface area contributed by atoms with Crippen LogP contribution in [0.2, 0.25) is 0 Å². The summed E-state index contributed by atoms with van der Waals surface area (Å²) >= 11 is 3.02. The second-order valence-corrected chi connectivity index (χ2v) is 3.42. The molecule has 54 valence electrons. The van der Waals surface area contributed by atoms with Crippen LogP contribution in [0.3, 0.4) is 0 Å². The summed E-state index contributed by atoms with van der Waals surface area (Å²) in [5, 5.41) is 10.4. The minimum absolute atomic E-state index is 0. The van der Waals surface area contributed by atoms with Crippen molar-refractivity contribution in [3.05, 3.63) is 12.3 Å². The van der Waals surface area contributed by atoms with E-state index in [1.165, 1.54) is 18.5 Å². The summed E-state index contributed by atoms with van der Waals surface area (Å²) in [6.07, 6.45) is 4.77. The number of hydrogen-bond acceptors (Lipinski definition) is 3. The van der Waals surface area contributed by atoms with Crippen molar-refractivity contribution in [2.75, 3.05) is 0 Å². The molecule has 1 heterocycles. The summed E-state index contributed by atoms with van der Waals surface area (Å²) < 4.78 is -1.03. The number of aliphatic imine (C=N–C) groups is 1. The molecular formula is C6H5BrKNO2. The second-order valence-electron chi connectivity index (χ2n) is 2.00. The molecule has 0 aromatic heterocycles. The molecule has 11 heavy (non-hydrogen) atoms. The van der Waals surface area contributed by atoms with Crippen molar-refractivity contribution in [3.8, 4) is 0 Å². The summed E-state index contributed by atoms with van der Waals surface area (Å²) in [7, 11) is 0. The maximum absolute atomic E-state index is 10.4. The first kappa shape index (κ1) is 12.0. The quantitative estimate of drug-likeness (QED) is 0.360. The number of carboxylic acid groups (broad SMARTS) is 1. The third kappa shape index (κ3) is 3.08. The van der Waals surface area contributed by atoms with E-state index in [4.69, 9.17) is 0 Å². The Kier molecular flexibility index (Phi) is 5.33. The van der Waals surface area contributed by atoms with Crippen molar-refractivity contribution in [2.45, 2.75) is 10.7 Å². The fourth-order valence-electron chi connectivity index (χ4n) is 0.627. The van der Waals surface area contributed by atoms with Crippen LogP contribution in [0.15, 0.2) is 17.3 Å². The molecule has 0 aromatic rings. The Morgan fingerprint density at radius 3 is 2.64 bits per heavy atom. The first-order chi connectivity index (χ1) is 4.65. The molecule has 0 aromatic carbocycles. The number of halogens is 1. The molecule has 0 radical (unpaired) electrons. The molecule has 0 saturated heterocycles. The van der Waals surface area contributed by atoms with Crippen LogP contribution < -0.4 is 56.5 Å². The van der Waals surface area contributed by atoms with Gasteiger partial charge in [0.1, 0.15) is 0 Å². The summed E-state index contributed by atoms with van der Waals surface area (Å²) in [5.41, 5.74) is 0. The molecule has 1 aliphatic rings. The standard InChI is InChI=1S/C6H6BrNO2.K/c7-6(5(9)10)1-3-8-4-2-6;/h1,3-4H,2H2,(H,9,10);/q;+1/p-1. The van der Waals surface area contributed by atoms with E-state index in [1.54, 1.807) is 0 Å². The van der Waals surface area contributed by atoms with Crippen molar-refractivity contribution in [1.29, 1.82) is 0 Å². The Morgan fingerprint density at radius 1 is 1.73 bits per heavy atom. The van der Waals surface area contributed by atoms with Crippen molar-refractivity contribution >= 4 is 28.1 Å². The molecule has 0 bridgehead atoms. The molecule has 3 nitrogen and oxygen atoms in total. The minimum Gasteiger partial charge on any atom is -0.548 e. The molecule has 5 heteroatoms. The van der Waals surface area contributed by atoms with Crippen molar-refractivity contribution in [3.63, 3.8) is 0 Å². The number of carbonyl (C=O) groups is 1.